The number of nitrogens with one attached hydrogen (secondary N) is 1. The minimum atomic E-state index is -3.83. The molecular weight excluding hydrogens is 380 g/mol. The van der Waals surface area contributed by atoms with Crippen LogP contribution in [0.2, 0.25) is 5.02 Å². The molecule has 0 aliphatic heterocycles. The lowest BCUT2D eigenvalue weighted by atomic mass is 10.3. The molecule has 0 radical (unpaired) electrons. The molecule has 0 amide bonds. The van der Waals surface area contributed by atoms with Gasteiger partial charge in [0, 0.05) is 11.8 Å². The van der Waals surface area contributed by atoms with E-state index in [2.05, 4.69) is 20.7 Å². The average molecular weight is 392 g/mol. The van der Waals surface area contributed by atoms with Crippen LogP contribution in [0.4, 0.5) is 11.4 Å². The van der Waals surface area contributed by atoms with Gasteiger partial charge in [-0.2, -0.15) is 0 Å². The summed E-state index contributed by atoms with van der Waals surface area (Å²) in [6, 6.07) is 9.20. The Balaban J connectivity index is 2.46. The van der Waals surface area contributed by atoms with E-state index < -0.39 is 10.0 Å². The van der Waals surface area contributed by atoms with Crippen LogP contribution < -0.4 is 15.2 Å². The number of benzene rings is 2. The zero-order valence-electron chi connectivity index (χ0n) is 10.9. The van der Waals surface area contributed by atoms with Crippen molar-refractivity contribution in [2.75, 3.05) is 17.6 Å². The maximum absolute atomic E-state index is 12.5. The second-order valence-electron chi connectivity index (χ2n) is 4.12. The first-order valence-corrected chi connectivity index (χ1v) is 8.41. The third-order valence-corrected chi connectivity index (χ3v) is 5.48. The molecule has 0 heterocycles. The molecule has 0 bridgehead atoms. The molecular formula is C13H12BrClN2O3S. The van der Waals surface area contributed by atoms with Crippen LogP contribution in [-0.4, -0.2) is 15.5 Å². The molecule has 0 aromatic heterocycles. The van der Waals surface area contributed by atoms with Gasteiger partial charge < -0.3 is 10.5 Å². The first kappa shape index (κ1) is 15.9. The zero-order chi connectivity index (χ0) is 15.6. The predicted molar refractivity (Wildman–Crippen MR) is 87.4 cm³/mol. The molecule has 0 saturated carbocycles. The molecule has 0 aliphatic carbocycles. The number of rotatable bonds is 4. The van der Waals surface area contributed by atoms with Gasteiger partial charge in [-0.1, -0.05) is 17.7 Å². The van der Waals surface area contributed by atoms with E-state index in [0.29, 0.717) is 20.9 Å². The minimum absolute atomic E-state index is 0.00826. The Morgan fingerprint density at radius 3 is 2.67 bits per heavy atom. The number of hydrogen-bond acceptors (Lipinski definition) is 4. The van der Waals surface area contributed by atoms with Crippen molar-refractivity contribution in [3.63, 3.8) is 0 Å². The molecule has 0 unspecified atom stereocenters. The molecule has 0 aliphatic rings. The first-order valence-electron chi connectivity index (χ1n) is 5.75. The Morgan fingerprint density at radius 2 is 2.00 bits per heavy atom. The summed E-state index contributed by atoms with van der Waals surface area (Å²) in [4.78, 5) is -0.00826. The fourth-order valence-electron chi connectivity index (χ4n) is 1.69. The largest absolute Gasteiger partial charge is 0.495 e. The van der Waals surface area contributed by atoms with Crippen LogP contribution >= 0.6 is 27.5 Å². The smallest absolute Gasteiger partial charge is 0.265 e. The van der Waals surface area contributed by atoms with Crippen LogP contribution in [0.5, 0.6) is 5.75 Å². The summed E-state index contributed by atoms with van der Waals surface area (Å²) < 4.78 is 32.9. The quantitative estimate of drug-likeness (QED) is 0.782. The lowest BCUT2D eigenvalue weighted by Gasteiger charge is -2.13. The van der Waals surface area contributed by atoms with E-state index in [1.807, 2.05) is 0 Å². The highest BCUT2D eigenvalue weighted by molar-refractivity contribution is 9.10. The highest BCUT2D eigenvalue weighted by Crippen LogP contribution is 2.33. The highest BCUT2D eigenvalue weighted by Gasteiger charge is 2.21. The Hall–Kier alpha value is -1.44. The number of sulfonamides is 1. The van der Waals surface area contributed by atoms with E-state index >= 15 is 0 Å². The molecule has 3 N–H and O–H groups in total. The summed E-state index contributed by atoms with van der Waals surface area (Å²) in [7, 11) is -2.45. The van der Waals surface area contributed by atoms with Crippen molar-refractivity contribution in [1.29, 1.82) is 0 Å². The monoisotopic (exact) mass is 390 g/mol. The van der Waals surface area contributed by atoms with Gasteiger partial charge in [-0.15, -0.1) is 0 Å². The van der Waals surface area contributed by atoms with Crippen LogP contribution in [0, 0.1) is 0 Å². The zero-order valence-corrected chi connectivity index (χ0v) is 14.1. The molecule has 112 valence electrons. The number of anilines is 2. The maximum Gasteiger partial charge on any atom is 0.265 e. The lowest BCUT2D eigenvalue weighted by molar-refractivity contribution is 0.403. The molecule has 2 aromatic rings. The summed E-state index contributed by atoms with van der Waals surface area (Å²) in [5.74, 6) is 0.167. The number of methoxy groups -OCH3 is 1. The number of ether oxygens (including phenoxy) is 1. The first-order chi connectivity index (χ1) is 9.85. The molecule has 21 heavy (non-hydrogen) atoms. The van der Waals surface area contributed by atoms with Crippen molar-refractivity contribution >= 4 is 48.9 Å². The van der Waals surface area contributed by atoms with E-state index in [-0.39, 0.29) is 10.6 Å². The van der Waals surface area contributed by atoms with Crippen molar-refractivity contribution in [2.24, 2.45) is 0 Å². The van der Waals surface area contributed by atoms with Crippen LogP contribution in [0.3, 0.4) is 0 Å². The molecule has 0 fully saturated rings. The van der Waals surface area contributed by atoms with Gasteiger partial charge in [0.15, 0.2) is 0 Å². The van der Waals surface area contributed by atoms with Crippen molar-refractivity contribution in [3.05, 3.63) is 45.9 Å². The average Bonchev–Trinajstić information content (AvgIpc) is 2.43. The predicted octanol–water partition coefficient (Wildman–Crippen LogP) is 3.49. The van der Waals surface area contributed by atoms with Crippen LogP contribution in [0.15, 0.2) is 45.8 Å². The number of nitrogen functional groups attached to an aromatic ring is 1. The Morgan fingerprint density at radius 1 is 1.29 bits per heavy atom. The van der Waals surface area contributed by atoms with E-state index in [9.17, 15) is 8.42 Å². The second-order valence-corrected chi connectivity index (χ2v) is 6.97. The summed E-state index contributed by atoms with van der Waals surface area (Å²) in [6.45, 7) is 0. The Bertz CT molecular complexity index is 781. The van der Waals surface area contributed by atoms with E-state index in [0.717, 1.165) is 0 Å². The van der Waals surface area contributed by atoms with E-state index in [4.69, 9.17) is 22.1 Å². The highest BCUT2D eigenvalue weighted by atomic mass is 79.9. The van der Waals surface area contributed by atoms with Crippen molar-refractivity contribution in [1.82, 2.24) is 0 Å². The lowest BCUT2D eigenvalue weighted by Crippen LogP contribution is -2.14. The fraction of sp³-hybridized carbons (Fsp3) is 0.0769. The van der Waals surface area contributed by atoms with Gasteiger partial charge in [-0.05, 0) is 40.2 Å². The molecule has 2 rings (SSSR count). The number of hydrogen-bond donors (Lipinski definition) is 2. The van der Waals surface area contributed by atoms with Crippen molar-refractivity contribution in [3.8, 4) is 5.75 Å². The summed E-state index contributed by atoms with van der Waals surface area (Å²) >= 11 is 9.19. The molecule has 5 nitrogen and oxygen atoms in total. The molecule has 0 saturated heterocycles. The third-order valence-electron chi connectivity index (χ3n) is 2.67. The van der Waals surface area contributed by atoms with Gasteiger partial charge in [0.1, 0.15) is 10.6 Å². The summed E-state index contributed by atoms with van der Waals surface area (Å²) in [5.41, 5.74) is 6.37. The second kappa shape index (κ2) is 6.13. The van der Waals surface area contributed by atoms with Gasteiger partial charge >= 0.3 is 0 Å². The summed E-state index contributed by atoms with van der Waals surface area (Å²) in [5, 5.41) is 0.402. The van der Waals surface area contributed by atoms with Crippen molar-refractivity contribution in [2.45, 2.75) is 4.90 Å². The van der Waals surface area contributed by atoms with E-state index in [1.54, 1.807) is 18.2 Å². The minimum Gasteiger partial charge on any atom is -0.495 e. The normalized spacial score (nSPS) is 11.2. The number of nitrogens with two attached hydrogens (primary N) is 1. The molecule has 2 aromatic carbocycles. The van der Waals surface area contributed by atoms with Crippen molar-refractivity contribution < 1.29 is 13.2 Å². The third kappa shape index (κ3) is 3.42. The Labute approximate surface area is 136 Å². The fourth-order valence-corrected chi connectivity index (χ4v) is 3.58. The van der Waals surface area contributed by atoms with Crippen LogP contribution in [0.1, 0.15) is 0 Å². The molecule has 0 atom stereocenters. The van der Waals surface area contributed by atoms with Crippen LogP contribution in [-0.2, 0) is 10.0 Å². The van der Waals surface area contributed by atoms with Gasteiger partial charge in [-0.25, -0.2) is 8.42 Å². The topological polar surface area (TPSA) is 81.4 Å². The number of halogens is 2. The van der Waals surface area contributed by atoms with Crippen LogP contribution in [0.25, 0.3) is 0 Å². The standard InChI is InChI=1S/C13H12BrClN2O3S/c1-20-11-7-8(16)5-6-12(11)21(18,19)17-10-4-2-3-9(15)13(10)14/h2-7,17H,16H2,1H3. The Kier molecular flexibility index (Phi) is 4.65. The van der Waals surface area contributed by atoms with Gasteiger partial charge in [0.2, 0.25) is 0 Å². The van der Waals surface area contributed by atoms with Gasteiger partial charge in [0.25, 0.3) is 10.0 Å². The molecule has 8 heteroatoms. The summed E-state index contributed by atoms with van der Waals surface area (Å²) in [6.07, 6.45) is 0. The SMILES string of the molecule is COc1cc(N)ccc1S(=O)(=O)Nc1cccc(Cl)c1Br. The van der Waals surface area contributed by atoms with Gasteiger partial charge in [-0.3, -0.25) is 4.72 Å². The van der Waals surface area contributed by atoms with E-state index in [1.165, 1.54) is 25.3 Å². The maximum atomic E-state index is 12.5. The van der Waals surface area contributed by atoms with Gasteiger partial charge in [0.05, 0.1) is 22.3 Å². The molecule has 0 spiro atoms.